The summed E-state index contributed by atoms with van der Waals surface area (Å²) in [4.78, 5) is 11.8. The van der Waals surface area contributed by atoms with Gasteiger partial charge in [-0.1, -0.05) is 29.8 Å². The van der Waals surface area contributed by atoms with Crippen LogP contribution in [0.1, 0.15) is 0 Å². The Kier molecular flexibility index (Phi) is 3.62. The molecule has 0 bridgehead atoms. The van der Waals surface area contributed by atoms with Gasteiger partial charge in [0.1, 0.15) is 17.1 Å². The SMILES string of the molecule is Clc1ncnc(Oc2ncn(-c3ccccc3)n2)c1Br. The maximum Gasteiger partial charge on any atom is 0.342 e. The van der Waals surface area contributed by atoms with Crippen LogP contribution < -0.4 is 4.74 Å². The van der Waals surface area contributed by atoms with E-state index in [0.29, 0.717) is 4.47 Å². The largest absolute Gasteiger partial charge is 0.403 e. The van der Waals surface area contributed by atoms with Crippen molar-refractivity contribution in [3.8, 4) is 17.6 Å². The third-order valence-corrected chi connectivity index (χ3v) is 3.62. The normalized spacial score (nSPS) is 10.5. The van der Waals surface area contributed by atoms with Crippen LogP contribution >= 0.6 is 27.5 Å². The maximum absolute atomic E-state index is 5.86. The molecule has 0 fully saturated rings. The molecular formula is C12H7BrClN5O. The summed E-state index contributed by atoms with van der Waals surface area (Å²) in [6.07, 6.45) is 2.86. The summed E-state index contributed by atoms with van der Waals surface area (Å²) in [5, 5.41) is 4.47. The van der Waals surface area contributed by atoms with Crippen molar-refractivity contribution in [2.24, 2.45) is 0 Å². The van der Waals surface area contributed by atoms with E-state index in [9.17, 15) is 0 Å². The van der Waals surface area contributed by atoms with Gasteiger partial charge in [-0.25, -0.2) is 14.6 Å². The highest BCUT2D eigenvalue weighted by Gasteiger charge is 2.12. The van der Waals surface area contributed by atoms with Gasteiger partial charge in [0.05, 0.1) is 5.69 Å². The van der Waals surface area contributed by atoms with Crippen molar-refractivity contribution in [3.05, 3.63) is 52.6 Å². The standard InChI is InChI=1S/C12H7BrClN5O/c13-9-10(14)15-6-16-11(9)20-12-17-7-19(18-12)8-4-2-1-3-5-8/h1-7H. The first-order valence-corrected chi connectivity index (χ1v) is 6.72. The van der Waals surface area contributed by atoms with E-state index in [4.69, 9.17) is 16.3 Å². The van der Waals surface area contributed by atoms with Gasteiger partial charge in [0.2, 0.25) is 5.88 Å². The zero-order valence-electron chi connectivity index (χ0n) is 9.94. The fraction of sp³-hybridized carbons (Fsp3) is 0. The van der Waals surface area contributed by atoms with Crippen molar-refractivity contribution in [2.75, 3.05) is 0 Å². The molecule has 0 aliphatic carbocycles. The number of nitrogens with zero attached hydrogens (tertiary/aromatic N) is 5. The molecule has 0 N–H and O–H groups in total. The smallest absolute Gasteiger partial charge is 0.342 e. The minimum atomic E-state index is 0.171. The topological polar surface area (TPSA) is 65.7 Å². The molecule has 8 heteroatoms. The average Bonchev–Trinajstić information content (AvgIpc) is 2.93. The minimum absolute atomic E-state index is 0.171. The highest BCUT2D eigenvalue weighted by atomic mass is 79.9. The lowest BCUT2D eigenvalue weighted by atomic mass is 10.3. The van der Waals surface area contributed by atoms with Crippen LogP contribution in [0.2, 0.25) is 5.15 Å². The van der Waals surface area contributed by atoms with Gasteiger partial charge in [0.15, 0.2) is 5.15 Å². The maximum atomic E-state index is 5.86. The molecule has 0 radical (unpaired) electrons. The first kappa shape index (κ1) is 13.0. The fourth-order valence-corrected chi connectivity index (χ4v) is 1.90. The molecule has 1 aromatic carbocycles. The summed E-state index contributed by atoms with van der Waals surface area (Å²) in [5.74, 6) is 0.260. The Morgan fingerprint density at radius 2 is 1.90 bits per heavy atom. The van der Waals surface area contributed by atoms with Crippen molar-refractivity contribution in [3.63, 3.8) is 0 Å². The van der Waals surface area contributed by atoms with E-state index in [1.165, 1.54) is 6.33 Å². The lowest BCUT2D eigenvalue weighted by molar-refractivity contribution is 0.420. The number of aromatic nitrogens is 5. The predicted molar refractivity (Wildman–Crippen MR) is 76.2 cm³/mol. The van der Waals surface area contributed by atoms with Gasteiger partial charge in [0, 0.05) is 0 Å². The van der Waals surface area contributed by atoms with Crippen molar-refractivity contribution >= 4 is 27.5 Å². The highest BCUT2D eigenvalue weighted by molar-refractivity contribution is 9.10. The quantitative estimate of drug-likeness (QED) is 0.677. The molecule has 0 saturated carbocycles. The fourth-order valence-electron chi connectivity index (χ4n) is 1.49. The zero-order chi connectivity index (χ0) is 13.9. The second-order valence-corrected chi connectivity index (χ2v) is 4.84. The Morgan fingerprint density at radius 3 is 2.70 bits per heavy atom. The van der Waals surface area contributed by atoms with Gasteiger partial charge in [-0.3, -0.25) is 0 Å². The molecule has 2 aromatic heterocycles. The van der Waals surface area contributed by atoms with Crippen molar-refractivity contribution in [1.82, 2.24) is 24.7 Å². The van der Waals surface area contributed by atoms with Crippen molar-refractivity contribution < 1.29 is 4.74 Å². The molecule has 0 aliphatic rings. The van der Waals surface area contributed by atoms with Gasteiger partial charge in [-0.05, 0) is 28.1 Å². The Balaban J connectivity index is 1.86. The Hall–Kier alpha value is -1.99. The summed E-state index contributed by atoms with van der Waals surface area (Å²) >= 11 is 9.10. The molecule has 0 amide bonds. The Labute approximate surface area is 127 Å². The summed E-state index contributed by atoms with van der Waals surface area (Å²) in [6.45, 7) is 0. The van der Waals surface area contributed by atoms with Gasteiger partial charge in [-0.2, -0.15) is 4.98 Å². The van der Waals surface area contributed by atoms with E-state index in [1.54, 1.807) is 11.0 Å². The van der Waals surface area contributed by atoms with Gasteiger partial charge in [0.25, 0.3) is 0 Å². The number of benzene rings is 1. The number of para-hydroxylation sites is 1. The zero-order valence-corrected chi connectivity index (χ0v) is 12.3. The summed E-state index contributed by atoms with van der Waals surface area (Å²) in [7, 11) is 0. The number of hydrogen-bond donors (Lipinski definition) is 0. The third-order valence-electron chi connectivity index (χ3n) is 2.39. The van der Waals surface area contributed by atoms with Crippen LogP contribution in [-0.2, 0) is 0 Å². The predicted octanol–water partition coefficient (Wildman–Crippen LogP) is 3.27. The molecule has 3 aromatic rings. The Bertz CT molecular complexity index is 734. The molecule has 2 heterocycles. The Morgan fingerprint density at radius 1 is 1.10 bits per heavy atom. The number of ether oxygens (including phenoxy) is 1. The van der Waals surface area contributed by atoms with E-state index >= 15 is 0 Å². The highest BCUT2D eigenvalue weighted by Crippen LogP contribution is 2.30. The van der Waals surface area contributed by atoms with Crippen LogP contribution in [0.15, 0.2) is 47.5 Å². The summed E-state index contributed by atoms with van der Waals surface area (Å²) < 4.78 is 7.53. The molecule has 0 atom stereocenters. The second kappa shape index (κ2) is 5.56. The molecule has 0 aliphatic heterocycles. The van der Waals surface area contributed by atoms with E-state index in [1.807, 2.05) is 30.3 Å². The molecule has 20 heavy (non-hydrogen) atoms. The lowest BCUT2D eigenvalue weighted by Gasteiger charge is -2.02. The van der Waals surface area contributed by atoms with Gasteiger partial charge < -0.3 is 4.74 Å². The summed E-state index contributed by atoms with van der Waals surface area (Å²) in [6, 6.07) is 9.75. The van der Waals surface area contributed by atoms with E-state index < -0.39 is 0 Å². The molecule has 0 spiro atoms. The number of hydrogen-bond acceptors (Lipinski definition) is 5. The molecule has 100 valence electrons. The average molecular weight is 353 g/mol. The number of rotatable bonds is 3. The van der Waals surface area contributed by atoms with E-state index in [2.05, 4.69) is 36.0 Å². The molecular weight excluding hydrogens is 346 g/mol. The number of halogens is 2. The second-order valence-electron chi connectivity index (χ2n) is 3.69. The van der Waals surface area contributed by atoms with Gasteiger partial charge in [-0.15, -0.1) is 5.10 Å². The minimum Gasteiger partial charge on any atom is -0.403 e. The van der Waals surface area contributed by atoms with Crippen LogP contribution in [-0.4, -0.2) is 24.7 Å². The van der Waals surface area contributed by atoms with Crippen LogP contribution in [0.4, 0.5) is 0 Å². The van der Waals surface area contributed by atoms with Crippen LogP contribution in [0.25, 0.3) is 5.69 Å². The first-order chi connectivity index (χ1) is 9.74. The first-order valence-electron chi connectivity index (χ1n) is 5.55. The summed E-state index contributed by atoms with van der Waals surface area (Å²) in [5.41, 5.74) is 0.884. The third kappa shape index (κ3) is 2.63. The monoisotopic (exact) mass is 351 g/mol. The van der Waals surface area contributed by atoms with Crippen molar-refractivity contribution in [2.45, 2.75) is 0 Å². The molecule has 6 nitrogen and oxygen atoms in total. The van der Waals surface area contributed by atoms with Gasteiger partial charge >= 0.3 is 6.01 Å². The van der Waals surface area contributed by atoms with Crippen LogP contribution in [0.5, 0.6) is 11.9 Å². The lowest BCUT2D eigenvalue weighted by Crippen LogP contribution is -1.96. The molecule has 3 rings (SSSR count). The molecule has 0 unspecified atom stereocenters. The van der Waals surface area contributed by atoms with Crippen LogP contribution in [0.3, 0.4) is 0 Å². The van der Waals surface area contributed by atoms with E-state index in [0.717, 1.165) is 5.69 Å². The molecule has 0 saturated heterocycles. The van der Waals surface area contributed by atoms with E-state index in [-0.39, 0.29) is 17.0 Å². The van der Waals surface area contributed by atoms with Crippen LogP contribution in [0, 0.1) is 0 Å². The van der Waals surface area contributed by atoms with Crippen molar-refractivity contribution in [1.29, 1.82) is 0 Å².